The highest BCUT2D eigenvalue weighted by Crippen LogP contribution is 2.41. The molecule has 1 heterocycles. The second-order valence-electron chi connectivity index (χ2n) is 5.02. The van der Waals surface area contributed by atoms with E-state index in [1.807, 2.05) is 6.07 Å². The van der Waals surface area contributed by atoms with Gasteiger partial charge in [0.05, 0.1) is 5.41 Å². The molecular weight excluding hydrogens is 280 g/mol. The van der Waals surface area contributed by atoms with Crippen molar-refractivity contribution < 1.29 is 4.79 Å². The van der Waals surface area contributed by atoms with Crippen molar-refractivity contribution in [3.63, 3.8) is 0 Å². The molecule has 0 saturated heterocycles. The van der Waals surface area contributed by atoms with Crippen LogP contribution >= 0.6 is 23.7 Å². The van der Waals surface area contributed by atoms with Crippen molar-refractivity contribution in [1.82, 2.24) is 5.32 Å². The van der Waals surface area contributed by atoms with E-state index in [1.54, 1.807) is 11.3 Å². The van der Waals surface area contributed by atoms with Gasteiger partial charge >= 0.3 is 0 Å². The van der Waals surface area contributed by atoms with Gasteiger partial charge in [-0.05, 0) is 37.3 Å². The Bertz CT molecular complexity index is 375. The van der Waals surface area contributed by atoms with Gasteiger partial charge in [-0.25, -0.2) is 0 Å². The van der Waals surface area contributed by atoms with E-state index < -0.39 is 0 Å². The molecule has 1 aromatic rings. The normalized spacial score (nSPS) is 17.5. The fraction of sp³-hybridized carbons (Fsp3) is 0.643. The Hall–Kier alpha value is -0.580. The van der Waals surface area contributed by atoms with E-state index in [0.29, 0.717) is 13.1 Å². The van der Waals surface area contributed by atoms with Crippen LogP contribution < -0.4 is 11.1 Å². The lowest BCUT2D eigenvalue weighted by Gasteiger charge is -2.35. The molecular formula is C14H23ClN2OS. The highest BCUT2D eigenvalue weighted by atomic mass is 35.5. The van der Waals surface area contributed by atoms with Crippen LogP contribution in [0, 0.1) is 0 Å². The number of thiophene rings is 1. The molecule has 0 bridgehead atoms. The summed E-state index contributed by atoms with van der Waals surface area (Å²) in [4.78, 5) is 13.8. The fourth-order valence-electron chi connectivity index (χ4n) is 2.76. The average Bonchev–Trinajstić information content (AvgIpc) is 2.94. The van der Waals surface area contributed by atoms with E-state index in [-0.39, 0.29) is 23.7 Å². The molecule has 0 aromatic carbocycles. The van der Waals surface area contributed by atoms with E-state index in [9.17, 15) is 4.79 Å². The molecule has 0 radical (unpaired) electrons. The predicted molar refractivity (Wildman–Crippen MR) is 83.0 cm³/mol. The molecule has 0 atom stereocenters. The van der Waals surface area contributed by atoms with Crippen LogP contribution in [0.1, 0.15) is 43.4 Å². The van der Waals surface area contributed by atoms with Crippen molar-refractivity contribution in [1.29, 1.82) is 0 Å². The fourth-order valence-corrected chi connectivity index (χ4v) is 3.75. The Morgan fingerprint density at radius 1 is 1.37 bits per heavy atom. The van der Waals surface area contributed by atoms with Crippen molar-refractivity contribution in [3.8, 4) is 0 Å². The number of nitrogens with one attached hydrogen (secondary N) is 1. The van der Waals surface area contributed by atoms with Crippen LogP contribution in [0.5, 0.6) is 0 Å². The molecule has 1 aliphatic rings. The van der Waals surface area contributed by atoms with E-state index in [2.05, 4.69) is 16.8 Å². The number of halogens is 1. The van der Waals surface area contributed by atoms with E-state index in [4.69, 9.17) is 5.73 Å². The molecule has 108 valence electrons. The molecule has 5 heteroatoms. The maximum Gasteiger partial charge on any atom is 0.231 e. The lowest BCUT2D eigenvalue weighted by Crippen LogP contribution is -2.45. The Kier molecular flexibility index (Phi) is 6.83. The molecule has 3 nitrogen and oxygen atoms in total. The number of nitrogens with two attached hydrogens (primary N) is 1. The highest BCUT2D eigenvalue weighted by Gasteiger charge is 2.41. The first kappa shape index (κ1) is 16.5. The van der Waals surface area contributed by atoms with Gasteiger partial charge in [0.2, 0.25) is 5.91 Å². The summed E-state index contributed by atoms with van der Waals surface area (Å²) in [5.41, 5.74) is 5.21. The number of carbonyl (C=O) groups is 1. The number of hydrogen-bond donors (Lipinski definition) is 2. The van der Waals surface area contributed by atoms with Crippen LogP contribution in [0.3, 0.4) is 0 Å². The van der Waals surface area contributed by atoms with Gasteiger partial charge in [0.15, 0.2) is 0 Å². The van der Waals surface area contributed by atoms with Gasteiger partial charge in [-0.2, -0.15) is 0 Å². The van der Waals surface area contributed by atoms with Crippen molar-refractivity contribution in [2.24, 2.45) is 5.73 Å². The standard InChI is InChI=1S/C14H22N2OS.ClH/c15-9-5-10-16-13(17)14(7-2-1-3-8-14)12-6-4-11-18-12;/h4,6,11H,1-3,5,7-10,15H2,(H,16,17);1H. The van der Waals surface area contributed by atoms with E-state index >= 15 is 0 Å². The zero-order valence-corrected chi connectivity index (χ0v) is 12.8. The maximum atomic E-state index is 12.5. The largest absolute Gasteiger partial charge is 0.355 e. The van der Waals surface area contributed by atoms with Gasteiger partial charge in [-0.3, -0.25) is 4.79 Å². The van der Waals surface area contributed by atoms with Crippen LogP contribution in [-0.4, -0.2) is 19.0 Å². The maximum absolute atomic E-state index is 12.5. The summed E-state index contributed by atoms with van der Waals surface area (Å²) in [5, 5.41) is 5.14. The van der Waals surface area contributed by atoms with Crippen LogP contribution in [0.4, 0.5) is 0 Å². The first-order valence-corrected chi connectivity index (χ1v) is 7.70. The third-order valence-corrected chi connectivity index (χ3v) is 4.88. The van der Waals surface area contributed by atoms with Gasteiger partial charge in [0.25, 0.3) is 0 Å². The van der Waals surface area contributed by atoms with Crippen LogP contribution in [0.15, 0.2) is 17.5 Å². The monoisotopic (exact) mass is 302 g/mol. The van der Waals surface area contributed by atoms with Crippen molar-refractivity contribution in [2.45, 2.75) is 43.9 Å². The van der Waals surface area contributed by atoms with E-state index in [0.717, 1.165) is 32.1 Å². The topological polar surface area (TPSA) is 55.1 Å². The minimum Gasteiger partial charge on any atom is -0.355 e. The first-order chi connectivity index (χ1) is 8.79. The molecule has 19 heavy (non-hydrogen) atoms. The van der Waals surface area contributed by atoms with Crippen molar-refractivity contribution in [3.05, 3.63) is 22.4 Å². The minimum atomic E-state index is -0.263. The smallest absolute Gasteiger partial charge is 0.231 e. The Morgan fingerprint density at radius 2 is 2.11 bits per heavy atom. The molecule has 0 aliphatic heterocycles. The number of hydrogen-bond acceptors (Lipinski definition) is 3. The van der Waals surface area contributed by atoms with Gasteiger partial charge in [-0.15, -0.1) is 23.7 Å². The molecule has 3 N–H and O–H groups in total. The Morgan fingerprint density at radius 3 is 2.68 bits per heavy atom. The molecule has 1 fully saturated rings. The van der Waals surface area contributed by atoms with Gasteiger partial charge in [0, 0.05) is 11.4 Å². The second kappa shape index (κ2) is 7.88. The Balaban J connectivity index is 0.00000180. The summed E-state index contributed by atoms with van der Waals surface area (Å²) in [5.74, 6) is 0.207. The zero-order valence-electron chi connectivity index (χ0n) is 11.2. The molecule has 1 aliphatic carbocycles. The number of rotatable bonds is 5. The minimum absolute atomic E-state index is 0. The first-order valence-electron chi connectivity index (χ1n) is 6.82. The molecule has 1 amide bonds. The quantitative estimate of drug-likeness (QED) is 0.822. The molecule has 0 unspecified atom stereocenters. The molecule has 2 rings (SSSR count). The second-order valence-corrected chi connectivity index (χ2v) is 5.97. The summed E-state index contributed by atoms with van der Waals surface area (Å²) in [6, 6.07) is 4.15. The van der Waals surface area contributed by atoms with Gasteiger partial charge < -0.3 is 11.1 Å². The summed E-state index contributed by atoms with van der Waals surface area (Å²) < 4.78 is 0. The van der Waals surface area contributed by atoms with E-state index in [1.165, 1.54) is 11.3 Å². The van der Waals surface area contributed by atoms with Crippen LogP contribution in [-0.2, 0) is 10.2 Å². The zero-order chi connectivity index (χ0) is 12.8. The lowest BCUT2D eigenvalue weighted by atomic mass is 9.72. The summed E-state index contributed by atoms with van der Waals surface area (Å²) >= 11 is 1.71. The van der Waals surface area contributed by atoms with Crippen LogP contribution in [0.25, 0.3) is 0 Å². The lowest BCUT2D eigenvalue weighted by molar-refractivity contribution is -0.127. The van der Waals surface area contributed by atoms with Gasteiger partial charge in [-0.1, -0.05) is 25.3 Å². The Labute approximate surface area is 125 Å². The van der Waals surface area contributed by atoms with Gasteiger partial charge in [0.1, 0.15) is 0 Å². The number of amides is 1. The predicted octanol–water partition coefficient (Wildman–Crippen LogP) is 2.84. The molecule has 1 saturated carbocycles. The average molecular weight is 303 g/mol. The third kappa shape index (κ3) is 3.71. The van der Waals surface area contributed by atoms with Crippen molar-refractivity contribution >= 4 is 29.7 Å². The summed E-state index contributed by atoms with van der Waals surface area (Å²) in [6.45, 7) is 1.33. The number of carbonyl (C=O) groups excluding carboxylic acids is 1. The summed E-state index contributed by atoms with van der Waals surface area (Å²) in [6.07, 6.45) is 6.39. The van der Waals surface area contributed by atoms with Crippen LogP contribution in [0.2, 0.25) is 0 Å². The molecule has 0 spiro atoms. The molecule has 1 aromatic heterocycles. The SMILES string of the molecule is Cl.NCCCNC(=O)C1(c2cccs2)CCCCC1. The summed E-state index contributed by atoms with van der Waals surface area (Å²) in [7, 11) is 0. The highest BCUT2D eigenvalue weighted by molar-refractivity contribution is 7.10. The third-order valence-electron chi connectivity index (χ3n) is 3.80. The van der Waals surface area contributed by atoms with Crippen molar-refractivity contribution in [2.75, 3.05) is 13.1 Å².